The first kappa shape index (κ1) is 11.8. The molecule has 0 amide bonds. The van der Waals surface area contributed by atoms with Crippen molar-refractivity contribution in [2.45, 2.75) is 6.92 Å². The summed E-state index contributed by atoms with van der Waals surface area (Å²) in [6, 6.07) is 7.99. The summed E-state index contributed by atoms with van der Waals surface area (Å²) in [5, 5.41) is 4.40. The van der Waals surface area contributed by atoms with E-state index >= 15 is 0 Å². The number of fused-ring (bicyclic) bond motifs is 1. The zero-order chi connectivity index (χ0) is 12.1. The van der Waals surface area contributed by atoms with Crippen LogP contribution in [0.15, 0.2) is 30.6 Å². The third kappa shape index (κ3) is 2.91. The molecule has 1 aromatic carbocycles. The first-order valence-corrected chi connectivity index (χ1v) is 5.74. The number of anilines is 1. The highest BCUT2D eigenvalue weighted by Gasteiger charge is 2.05. The molecule has 0 radical (unpaired) electrons. The van der Waals surface area contributed by atoms with Crippen molar-refractivity contribution in [2.75, 3.05) is 25.6 Å². The highest BCUT2D eigenvalue weighted by molar-refractivity contribution is 5.88. The number of methoxy groups -OCH3 is 1. The molecule has 1 N–H and O–H groups in total. The summed E-state index contributed by atoms with van der Waals surface area (Å²) < 4.78 is 5.11. The molecule has 0 spiro atoms. The van der Waals surface area contributed by atoms with Gasteiger partial charge in [-0.15, -0.1) is 0 Å². The minimum atomic E-state index is 0.453. The lowest BCUT2D eigenvalue weighted by molar-refractivity contribution is 0.164. The van der Waals surface area contributed by atoms with E-state index in [0.29, 0.717) is 5.92 Å². The van der Waals surface area contributed by atoms with Gasteiger partial charge in [0.25, 0.3) is 0 Å². The predicted molar refractivity (Wildman–Crippen MR) is 69.1 cm³/mol. The molecule has 17 heavy (non-hydrogen) atoms. The molecule has 2 aromatic rings. The Labute approximate surface area is 101 Å². The minimum absolute atomic E-state index is 0.453. The second-order valence-corrected chi connectivity index (χ2v) is 4.18. The van der Waals surface area contributed by atoms with Crippen LogP contribution in [0.25, 0.3) is 10.9 Å². The average molecular weight is 231 g/mol. The van der Waals surface area contributed by atoms with Gasteiger partial charge in [-0.3, -0.25) is 0 Å². The van der Waals surface area contributed by atoms with Gasteiger partial charge in [0.1, 0.15) is 12.1 Å². The smallest absolute Gasteiger partial charge is 0.137 e. The van der Waals surface area contributed by atoms with Gasteiger partial charge in [0.05, 0.1) is 12.1 Å². The zero-order valence-electron chi connectivity index (χ0n) is 10.2. The van der Waals surface area contributed by atoms with Crippen LogP contribution < -0.4 is 5.32 Å². The first-order valence-electron chi connectivity index (χ1n) is 5.74. The first-order chi connectivity index (χ1) is 8.31. The summed E-state index contributed by atoms with van der Waals surface area (Å²) in [7, 11) is 1.72. The number of nitrogens with zero attached hydrogens (tertiary/aromatic N) is 2. The lowest BCUT2D eigenvalue weighted by Gasteiger charge is -2.12. The molecule has 4 nitrogen and oxygen atoms in total. The number of hydrogen-bond donors (Lipinski definition) is 1. The van der Waals surface area contributed by atoms with Crippen molar-refractivity contribution in [3.05, 3.63) is 30.6 Å². The second-order valence-electron chi connectivity index (χ2n) is 4.18. The Morgan fingerprint density at radius 2 is 2.12 bits per heavy atom. The molecule has 1 aromatic heterocycles. The number of benzene rings is 1. The Morgan fingerprint density at radius 1 is 1.29 bits per heavy atom. The molecule has 0 fully saturated rings. The van der Waals surface area contributed by atoms with E-state index < -0.39 is 0 Å². The molecule has 90 valence electrons. The molecule has 0 aliphatic carbocycles. The molecular formula is C13H17N3O. The number of para-hydroxylation sites is 1. The van der Waals surface area contributed by atoms with Crippen LogP contribution in [-0.4, -0.2) is 30.2 Å². The lowest BCUT2D eigenvalue weighted by Crippen LogP contribution is -2.16. The van der Waals surface area contributed by atoms with Crippen molar-refractivity contribution in [1.82, 2.24) is 9.97 Å². The molecule has 0 saturated heterocycles. The molecule has 1 unspecified atom stereocenters. The number of hydrogen-bond acceptors (Lipinski definition) is 4. The molecule has 0 aliphatic heterocycles. The fourth-order valence-corrected chi connectivity index (χ4v) is 1.76. The Balaban J connectivity index is 2.13. The van der Waals surface area contributed by atoms with Crippen molar-refractivity contribution < 1.29 is 4.74 Å². The monoisotopic (exact) mass is 231 g/mol. The average Bonchev–Trinajstić information content (AvgIpc) is 2.36. The van der Waals surface area contributed by atoms with E-state index in [1.54, 1.807) is 13.4 Å². The molecule has 2 rings (SSSR count). The van der Waals surface area contributed by atoms with E-state index in [2.05, 4.69) is 22.2 Å². The highest BCUT2D eigenvalue weighted by atomic mass is 16.5. The Kier molecular flexibility index (Phi) is 3.88. The van der Waals surface area contributed by atoms with E-state index in [0.717, 1.165) is 29.9 Å². The quantitative estimate of drug-likeness (QED) is 0.858. The standard InChI is InChI=1S/C13H17N3O/c1-10(8-17-2)7-14-13-11-5-3-4-6-12(11)15-9-16-13/h3-6,9-10H,7-8H2,1-2H3,(H,14,15,16). The van der Waals surface area contributed by atoms with E-state index in [1.807, 2.05) is 24.3 Å². The van der Waals surface area contributed by atoms with Crippen LogP contribution in [0, 0.1) is 5.92 Å². The van der Waals surface area contributed by atoms with Gasteiger partial charge in [-0.2, -0.15) is 0 Å². The third-order valence-corrected chi connectivity index (χ3v) is 2.61. The number of rotatable bonds is 5. The van der Waals surface area contributed by atoms with Gasteiger partial charge in [-0.25, -0.2) is 9.97 Å². The number of ether oxygens (including phenoxy) is 1. The third-order valence-electron chi connectivity index (χ3n) is 2.61. The van der Waals surface area contributed by atoms with Crippen LogP contribution in [0.5, 0.6) is 0 Å². The summed E-state index contributed by atoms with van der Waals surface area (Å²) in [6.45, 7) is 3.73. The largest absolute Gasteiger partial charge is 0.384 e. The van der Waals surface area contributed by atoms with E-state index in [4.69, 9.17) is 4.74 Å². The van der Waals surface area contributed by atoms with Crippen molar-refractivity contribution >= 4 is 16.7 Å². The van der Waals surface area contributed by atoms with Crippen LogP contribution in [0.2, 0.25) is 0 Å². The summed E-state index contributed by atoms with van der Waals surface area (Å²) >= 11 is 0. The second kappa shape index (κ2) is 5.59. The van der Waals surface area contributed by atoms with Crippen LogP contribution in [0.3, 0.4) is 0 Å². The van der Waals surface area contributed by atoms with Crippen molar-refractivity contribution in [1.29, 1.82) is 0 Å². The summed E-state index contributed by atoms with van der Waals surface area (Å²) in [4.78, 5) is 8.51. The van der Waals surface area contributed by atoms with E-state index in [1.165, 1.54) is 0 Å². The molecule has 4 heteroatoms. The maximum absolute atomic E-state index is 5.11. The molecule has 0 aliphatic rings. The highest BCUT2D eigenvalue weighted by Crippen LogP contribution is 2.18. The SMILES string of the molecule is COCC(C)CNc1ncnc2ccccc12. The van der Waals surface area contributed by atoms with Gasteiger partial charge in [-0.05, 0) is 18.1 Å². The van der Waals surface area contributed by atoms with Crippen molar-refractivity contribution in [2.24, 2.45) is 5.92 Å². The lowest BCUT2D eigenvalue weighted by atomic mass is 10.2. The zero-order valence-corrected chi connectivity index (χ0v) is 10.2. The number of aromatic nitrogens is 2. The fraction of sp³-hybridized carbons (Fsp3) is 0.385. The van der Waals surface area contributed by atoms with Gasteiger partial charge in [0.2, 0.25) is 0 Å². The van der Waals surface area contributed by atoms with Crippen molar-refractivity contribution in [3.63, 3.8) is 0 Å². The van der Waals surface area contributed by atoms with E-state index in [-0.39, 0.29) is 0 Å². The molecule has 1 atom stereocenters. The normalized spacial score (nSPS) is 12.6. The van der Waals surface area contributed by atoms with Gasteiger partial charge in [0.15, 0.2) is 0 Å². The molecule has 0 saturated carbocycles. The summed E-state index contributed by atoms with van der Waals surface area (Å²) in [6.07, 6.45) is 1.59. The topological polar surface area (TPSA) is 47.0 Å². The van der Waals surface area contributed by atoms with Crippen LogP contribution in [0.1, 0.15) is 6.92 Å². The molecule has 0 bridgehead atoms. The Hall–Kier alpha value is -1.68. The Morgan fingerprint density at radius 3 is 2.94 bits per heavy atom. The molecule has 1 heterocycles. The van der Waals surface area contributed by atoms with Crippen LogP contribution >= 0.6 is 0 Å². The summed E-state index contributed by atoms with van der Waals surface area (Å²) in [5.41, 5.74) is 0.962. The van der Waals surface area contributed by atoms with Crippen LogP contribution in [0.4, 0.5) is 5.82 Å². The maximum atomic E-state index is 5.11. The van der Waals surface area contributed by atoms with E-state index in [9.17, 15) is 0 Å². The maximum Gasteiger partial charge on any atom is 0.137 e. The number of nitrogens with one attached hydrogen (secondary N) is 1. The van der Waals surface area contributed by atoms with Gasteiger partial charge >= 0.3 is 0 Å². The summed E-state index contributed by atoms with van der Waals surface area (Å²) in [5.74, 6) is 1.34. The predicted octanol–water partition coefficient (Wildman–Crippen LogP) is 2.32. The fourth-order valence-electron chi connectivity index (χ4n) is 1.76. The van der Waals surface area contributed by atoms with Crippen LogP contribution in [-0.2, 0) is 4.74 Å². The molecular weight excluding hydrogens is 214 g/mol. The van der Waals surface area contributed by atoms with Gasteiger partial charge in [0, 0.05) is 19.0 Å². The Bertz CT molecular complexity index is 482. The van der Waals surface area contributed by atoms with Crippen molar-refractivity contribution in [3.8, 4) is 0 Å². The van der Waals surface area contributed by atoms with Gasteiger partial charge < -0.3 is 10.1 Å². The van der Waals surface area contributed by atoms with Gasteiger partial charge in [-0.1, -0.05) is 19.1 Å². The minimum Gasteiger partial charge on any atom is -0.384 e.